The molecule has 1 saturated carbocycles. The molecule has 1 heterocycles. The van der Waals surface area contributed by atoms with Crippen LogP contribution in [0.1, 0.15) is 30.9 Å². The number of benzene rings is 1. The molecule has 0 radical (unpaired) electrons. The average Bonchev–Trinajstić information content (AvgIpc) is 2.93. The zero-order chi connectivity index (χ0) is 19.2. The summed E-state index contributed by atoms with van der Waals surface area (Å²) in [6.07, 6.45) is 7.32. The van der Waals surface area contributed by atoms with E-state index in [0.717, 1.165) is 24.7 Å². The first kappa shape index (κ1) is 18.4. The van der Waals surface area contributed by atoms with Crippen molar-refractivity contribution in [3.63, 3.8) is 0 Å². The van der Waals surface area contributed by atoms with E-state index in [-0.39, 0.29) is 48.5 Å². The monoisotopic (exact) mass is 389 g/mol. The molecule has 5 unspecified atom stereocenters. The number of amides is 2. The average molecular weight is 389 g/mol. The molecular weight excluding hydrogens is 366 g/mol. The summed E-state index contributed by atoms with van der Waals surface area (Å²) in [4.78, 5) is 27.8. The Morgan fingerprint density at radius 1 is 1.04 bits per heavy atom. The zero-order valence-electron chi connectivity index (χ0n) is 15.2. The van der Waals surface area contributed by atoms with Gasteiger partial charge in [-0.25, -0.2) is 0 Å². The van der Waals surface area contributed by atoms with Gasteiger partial charge in [0.05, 0.1) is 30.7 Å². The summed E-state index contributed by atoms with van der Waals surface area (Å²) in [5.41, 5.74) is 0.815. The molecule has 27 heavy (non-hydrogen) atoms. The molecule has 3 aliphatic carbocycles. The van der Waals surface area contributed by atoms with Gasteiger partial charge in [0, 0.05) is 0 Å². The van der Waals surface area contributed by atoms with Crippen LogP contribution in [0.5, 0.6) is 0 Å². The fourth-order valence-electron chi connectivity index (χ4n) is 4.84. The van der Waals surface area contributed by atoms with Gasteiger partial charge in [-0.3, -0.25) is 18.7 Å². The lowest BCUT2D eigenvalue weighted by Gasteiger charge is -2.38. The lowest BCUT2D eigenvalue weighted by Crippen LogP contribution is -2.38. The van der Waals surface area contributed by atoms with E-state index in [2.05, 4.69) is 12.2 Å². The van der Waals surface area contributed by atoms with Crippen LogP contribution in [0.3, 0.4) is 0 Å². The molecule has 1 aromatic rings. The number of fused-ring (bicyclic) bond motifs is 1. The van der Waals surface area contributed by atoms with Crippen LogP contribution in [0.4, 0.5) is 0 Å². The molecule has 1 aromatic carbocycles. The molecule has 144 valence electrons. The Hall–Kier alpha value is -1.99. The van der Waals surface area contributed by atoms with Gasteiger partial charge in [0.15, 0.2) is 0 Å². The topological polar surface area (TPSA) is 80.8 Å². The van der Waals surface area contributed by atoms with Gasteiger partial charge < -0.3 is 0 Å². The lowest BCUT2D eigenvalue weighted by atomic mass is 9.63. The number of imide groups is 1. The summed E-state index contributed by atoms with van der Waals surface area (Å²) >= 11 is 0. The van der Waals surface area contributed by atoms with E-state index in [1.54, 1.807) is 0 Å². The molecule has 4 aliphatic rings. The molecule has 0 N–H and O–H groups in total. The lowest BCUT2D eigenvalue weighted by molar-refractivity contribution is -0.143. The van der Waals surface area contributed by atoms with Crippen LogP contribution in [-0.2, 0) is 23.9 Å². The van der Waals surface area contributed by atoms with Crippen LogP contribution in [-0.4, -0.2) is 38.0 Å². The minimum atomic E-state index is -3.58. The Morgan fingerprint density at radius 2 is 1.59 bits per heavy atom. The van der Waals surface area contributed by atoms with Gasteiger partial charge in [-0.1, -0.05) is 42.5 Å². The molecule has 0 aromatic heterocycles. The van der Waals surface area contributed by atoms with Crippen LogP contribution in [0.25, 0.3) is 0 Å². The second-order valence-electron chi connectivity index (χ2n) is 7.63. The van der Waals surface area contributed by atoms with Crippen LogP contribution >= 0.6 is 0 Å². The van der Waals surface area contributed by atoms with Crippen LogP contribution in [0, 0.1) is 23.7 Å². The third kappa shape index (κ3) is 3.34. The van der Waals surface area contributed by atoms with E-state index >= 15 is 0 Å². The summed E-state index contributed by atoms with van der Waals surface area (Å²) in [6, 6.07) is 8.77. The van der Waals surface area contributed by atoms with Gasteiger partial charge in [0.1, 0.15) is 0 Å². The maximum atomic E-state index is 13.2. The number of likely N-dealkylation sites (tertiary alicyclic amines) is 1. The van der Waals surface area contributed by atoms with E-state index < -0.39 is 16.2 Å². The highest BCUT2D eigenvalue weighted by Crippen LogP contribution is 2.51. The number of hydrogen-bond acceptors (Lipinski definition) is 5. The fourth-order valence-corrected chi connectivity index (χ4v) is 5.23. The second kappa shape index (κ2) is 6.87. The minimum absolute atomic E-state index is 0.0735. The van der Waals surface area contributed by atoms with Gasteiger partial charge in [0.25, 0.3) is 10.1 Å². The first-order valence-corrected chi connectivity index (χ1v) is 11.1. The van der Waals surface area contributed by atoms with Crippen molar-refractivity contribution in [1.82, 2.24) is 4.90 Å². The van der Waals surface area contributed by atoms with E-state index in [4.69, 9.17) is 4.18 Å². The zero-order valence-corrected chi connectivity index (χ0v) is 16.0. The van der Waals surface area contributed by atoms with Crippen LogP contribution < -0.4 is 0 Å². The van der Waals surface area contributed by atoms with Crippen LogP contribution in [0.2, 0.25) is 0 Å². The highest BCUT2D eigenvalue weighted by molar-refractivity contribution is 7.85. The maximum absolute atomic E-state index is 13.2. The van der Waals surface area contributed by atoms with Crippen molar-refractivity contribution in [2.24, 2.45) is 23.7 Å². The number of nitrogens with zero attached hydrogens (tertiary/aromatic N) is 1. The van der Waals surface area contributed by atoms with Crippen molar-refractivity contribution in [2.75, 3.05) is 12.9 Å². The number of carbonyl (C=O) groups is 2. The molecule has 5 atom stereocenters. The first-order valence-electron chi connectivity index (χ1n) is 9.31. The Morgan fingerprint density at radius 3 is 2.07 bits per heavy atom. The predicted molar refractivity (Wildman–Crippen MR) is 98.8 cm³/mol. The number of carbonyl (C=O) groups excluding carboxylic acids is 2. The fraction of sp³-hybridized carbons (Fsp3) is 0.500. The van der Waals surface area contributed by atoms with Crippen molar-refractivity contribution < 1.29 is 22.2 Å². The maximum Gasteiger partial charge on any atom is 0.264 e. The third-order valence-electron chi connectivity index (χ3n) is 5.98. The molecule has 0 spiro atoms. The first-order chi connectivity index (χ1) is 12.9. The summed E-state index contributed by atoms with van der Waals surface area (Å²) in [6.45, 7) is -0.0735. The highest BCUT2D eigenvalue weighted by atomic mass is 32.2. The van der Waals surface area contributed by atoms with E-state index in [0.29, 0.717) is 0 Å². The predicted octanol–water partition coefficient (Wildman–Crippen LogP) is 2.29. The number of hydrogen-bond donors (Lipinski definition) is 0. The third-order valence-corrected chi connectivity index (χ3v) is 6.57. The van der Waals surface area contributed by atoms with Crippen molar-refractivity contribution in [3.8, 4) is 0 Å². The molecular formula is C20H23NO5S. The molecule has 6 nitrogen and oxygen atoms in total. The second-order valence-corrected chi connectivity index (χ2v) is 9.27. The molecule has 2 amide bonds. The van der Waals surface area contributed by atoms with Crippen molar-refractivity contribution >= 4 is 21.9 Å². The van der Waals surface area contributed by atoms with Crippen molar-refractivity contribution in [3.05, 3.63) is 48.0 Å². The minimum Gasteiger partial charge on any atom is -0.274 e. The standard InChI is InChI=1S/C20H23NO5S/c1-27(24,25)26-12-11-16(13-5-3-2-4-6-13)21-19(22)17-14-7-8-15(10-9-14)18(17)20(21)23/h2-8,14-18H,9-12H2,1H3. The van der Waals surface area contributed by atoms with Gasteiger partial charge >= 0.3 is 0 Å². The van der Waals surface area contributed by atoms with Gasteiger partial charge in [-0.05, 0) is 36.7 Å². The van der Waals surface area contributed by atoms with E-state index in [1.165, 1.54) is 4.90 Å². The van der Waals surface area contributed by atoms with E-state index in [1.807, 2.05) is 30.3 Å². The number of allylic oxidation sites excluding steroid dienone is 2. The SMILES string of the molecule is CS(=O)(=O)OCCC(c1ccccc1)N1C(=O)C2C3C=CC(CC3)C2C1=O. The molecule has 5 rings (SSSR count). The number of rotatable bonds is 6. The normalized spacial score (nSPS) is 30.6. The summed E-state index contributed by atoms with van der Waals surface area (Å²) in [7, 11) is -3.58. The Labute approximate surface area is 159 Å². The summed E-state index contributed by atoms with van der Waals surface area (Å²) in [5.74, 6) is -0.545. The van der Waals surface area contributed by atoms with E-state index in [9.17, 15) is 18.0 Å². The Balaban J connectivity index is 1.64. The summed E-state index contributed by atoms with van der Waals surface area (Å²) in [5, 5.41) is 0. The quantitative estimate of drug-likeness (QED) is 0.424. The smallest absolute Gasteiger partial charge is 0.264 e. The van der Waals surface area contributed by atoms with Crippen molar-refractivity contribution in [1.29, 1.82) is 0 Å². The molecule has 1 aliphatic heterocycles. The summed E-state index contributed by atoms with van der Waals surface area (Å²) < 4.78 is 27.5. The molecule has 2 bridgehead atoms. The highest BCUT2D eigenvalue weighted by Gasteiger charge is 2.57. The molecule has 2 fully saturated rings. The van der Waals surface area contributed by atoms with Crippen molar-refractivity contribution in [2.45, 2.75) is 25.3 Å². The Kier molecular flexibility index (Phi) is 4.68. The van der Waals surface area contributed by atoms with Crippen LogP contribution in [0.15, 0.2) is 42.5 Å². The van der Waals surface area contributed by atoms with Gasteiger partial charge in [-0.2, -0.15) is 8.42 Å². The largest absolute Gasteiger partial charge is 0.274 e. The Bertz CT molecular complexity index is 847. The molecule has 1 saturated heterocycles. The van der Waals surface area contributed by atoms with Gasteiger partial charge in [0.2, 0.25) is 11.8 Å². The van der Waals surface area contributed by atoms with Gasteiger partial charge in [-0.15, -0.1) is 0 Å². The molecule has 7 heteroatoms.